The maximum Gasteiger partial charge on any atom is 0.390 e. The van der Waals surface area contributed by atoms with Gasteiger partial charge in [0.1, 0.15) is 4.99 Å². The average Bonchev–Trinajstić information content (AvgIpc) is 2.68. The van der Waals surface area contributed by atoms with Crippen LogP contribution in [0.1, 0.15) is 12.0 Å². The van der Waals surface area contributed by atoms with Gasteiger partial charge in [0.25, 0.3) is 0 Å². The van der Waals surface area contributed by atoms with Crippen LogP contribution in [0, 0.1) is 0 Å². The van der Waals surface area contributed by atoms with E-state index in [4.69, 9.17) is 18.0 Å². The van der Waals surface area contributed by atoms with Gasteiger partial charge in [-0.25, -0.2) is 0 Å². The Morgan fingerprint density at radius 3 is 2.61 bits per heavy atom. The number of rotatable bonds is 3. The standard InChI is InChI=1S/C12H11F3N2S/c13-12(14,15)5-7-17-6-4-8-9(11(16)18)2-1-3-10(8)17/h1-4,6H,5,7H2,(H2,16,18). The number of halogens is 3. The van der Waals surface area contributed by atoms with Gasteiger partial charge in [-0.1, -0.05) is 24.4 Å². The van der Waals surface area contributed by atoms with E-state index in [0.717, 1.165) is 5.39 Å². The number of hydrogen-bond acceptors (Lipinski definition) is 1. The van der Waals surface area contributed by atoms with Crippen molar-refractivity contribution in [2.75, 3.05) is 0 Å². The summed E-state index contributed by atoms with van der Waals surface area (Å²) in [5.41, 5.74) is 6.98. The Labute approximate surface area is 107 Å². The third kappa shape index (κ3) is 2.64. The number of nitrogens with two attached hydrogens (primary N) is 1. The van der Waals surface area contributed by atoms with Crippen LogP contribution in [0.4, 0.5) is 13.2 Å². The van der Waals surface area contributed by atoms with Gasteiger partial charge in [0, 0.05) is 29.2 Å². The summed E-state index contributed by atoms with van der Waals surface area (Å²) in [6, 6.07) is 6.99. The van der Waals surface area contributed by atoms with Crippen LogP contribution in [0.15, 0.2) is 30.5 Å². The first kappa shape index (κ1) is 12.9. The second kappa shape index (κ2) is 4.61. The maximum absolute atomic E-state index is 12.2. The molecule has 0 aliphatic carbocycles. The van der Waals surface area contributed by atoms with E-state index in [1.807, 2.05) is 0 Å². The molecule has 96 valence electrons. The topological polar surface area (TPSA) is 30.9 Å². The van der Waals surface area contributed by atoms with Crippen molar-refractivity contribution in [2.24, 2.45) is 5.73 Å². The van der Waals surface area contributed by atoms with E-state index >= 15 is 0 Å². The zero-order chi connectivity index (χ0) is 13.3. The molecule has 1 aromatic carbocycles. The highest BCUT2D eigenvalue weighted by molar-refractivity contribution is 7.80. The van der Waals surface area contributed by atoms with Gasteiger partial charge in [-0.15, -0.1) is 0 Å². The summed E-state index contributed by atoms with van der Waals surface area (Å²) < 4.78 is 38.2. The fourth-order valence-electron chi connectivity index (χ4n) is 1.88. The molecule has 2 N–H and O–H groups in total. The SMILES string of the molecule is NC(=S)c1cccc2c1ccn2CCC(F)(F)F. The Morgan fingerprint density at radius 2 is 2.00 bits per heavy atom. The van der Waals surface area contributed by atoms with Gasteiger partial charge < -0.3 is 10.3 Å². The quantitative estimate of drug-likeness (QED) is 0.870. The first-order valence-electron chi connectivity index (χ1n) is 5.33. The summed E-state index contributed by atoms with van der Waals surface area (Å²) in [7, 11) is 0. The summed E-state index contributed by atoms with van der Waals surface area (Å²) >= 11 is 4.91. The van der Waals surface area contributed by atoms with Crippen LogP contribution in [0.25, 0.3) is 10.9 Å². The largest absolute Gasteiger partial charge is 0.390 e. The number of nitrogens with zero attached hydrogens (tertiary/aromatic N) is 1. The number of benzene rings is 1. The Morgan fingerprint density at radius 1 is 1.28 bits per heavy atom. The van der Waals surface area contributed by atoms with E-state index < -0.39 is 12.6 Å². The summed E-state index contributed by atoms with van der Waals surface area (Å²) in [5.74, 6) is 0. The average molecular weight is 272 g/mol. The molecule has 0 saturated carbocycles. The van der Waals surface area contributed by atoms with Gasteiger partial charge in [-0.05, 0) is 12.1 Å². The fourth-order valence-corrected chi connectivity index (χ4v) is 2.06. The monoisotopic (exact) mass is 272 g/mol. The lowest BCUT2D eigenvalue weighted by atomic mass is 10.1. The molecular formula is C12H11F3N2S. The highest BCUT2D eigenvalue weighted by Gasteiger charge is 2.26. The molecule has 0 unspecified atom stereocenters. The van der Waals surface area contributed by atoms with E-state index in [0.29, 0.717) is 11.1 Å². The van der Waals surface area contributed by atoms with Crippen molar-refractivity contribution in [1.29, 1.82) is 0 Å². The number of aromatic nitrogens is 1. The lowest BCUT2D eigenvalue weighted by molar-refractivity contribution is -0.136. The number of fused-ring (bicyclic) bond motifs is 1. The fraction of sp³-hybridized carbons (Fsp3) is 0.250. The number of aryl methyl sites for hydroxylation is 1. The van der Waals surface area contributed by atoms with Crippen molar-refractivity contribution in [3.63, 3.8) is 0 Å². The Bertz CT molecular complexity index is 587. The van der Waals surface area contributed by atoms with E-state index in [1.54, 1.807) is 35.0 Å². The van der Waals surface area contributed by atoms with E-state index in [2.05, 4.69) is 0 Å². The Balaban J connectivity index is 2.37. The molecule has 0 amide bonds. The van der Waals surface area contributed by atoms with Gasteiger partial charge in [-0.2, -0.15) is 13.2 Å². The molecule has 1 heterocycles. The van der Waals surface area contributed by atoms with Crippen molar-refractivity contribution >= 4 is 28.1 Å². The minimum atomic E-state index is -4.16. The number of alkyl halides is 3. The summed E-state index contributed by atoms with van der Waals surface area (Å²) in [6.45, 7) is -0.103. The lowest BCUT2D eigenvalue weighted by Gasteiger charge is -2.09. The van der Waals surface area contributed by atoms with Crippen LogP contribution in [0.2, 0.25) is 0 Å². The van der Waals surface area contributed by atoms with Crippen molar-refractivity contribution in [2.45, 2.75) is 19.1 Å². The molecule has 1 aromatic heterocycles. The second-order valence-electron chi connectivity index (χ2n) is 3.98. The molecule has 2 aromatic rings. The number of hydrogen-bond donors (Lipinski definition) is 1. The molecular weight excluding hydrogens is 261 g/mol. The van der Waals surface area contributed by atoms with Gasteiger partial charge in [-0.3, -0.25) is 0 Å². The first-order chi connectivity index (χ1) is 8.38. The molecule has 0 bridgehead atoms. The highest BCUT2D eigenvalue weighted by atomic mass is 32.1. The molecule has 0 saturated heterocycles. The van der Waals surface area contributed by atoms with Crippen molar-refractivity contribution in [3.05, 3.63) is 36.0 Å². The third-order valence-electron chi connectivity index (χ3n) is 2.72. The Hall–Kier alpha value is -1.56. The van der Waals surface area contributed by atoms with Crippen LogP contribution >= 0.6 is 12.2 Å². The van der Waals surface area contributed by atoms with Gasteiger partial charge >= 0.3 is 6.18 Å². The van der Waals surface area contributed by atoms with E-state index in [-0.39, 0.29) is 11.5 Å². The van der Waals surface area contributed by atoms with Gasteiger partial charge in [0.15, 0.2) is 0 Å². The van der Waals surface area contributed by atoms with Crippen molar-refractivity contribution < 1.29 is 13.2 Å². The predicted molar refractivity (Wildman–Crippen MR) is 68.5 cm³/mol. The van der Waals surface area contributed by atoms with E-state index in [9.17, 15) is 13.2 Å². The zero-order valence-corrected chi connectivity index (χ0v) is 10.2. The van der Waals surface area contributed by atoms with Crippen LogP contribution in [0.5, 0.6) is 0 Å². The molecule has 6 heteroatoms. The van der Waals surface area contributed by atoms with Gasteiger partial charge in [0.2, 0.25) is 0 Å². The summed E-state index contributed by atoms with van der Waals surface area (Å²) in [5, 5.41) is 0.784. The molecule has 2 nitrogen and oxygen atoms in total. The minimum absolute atomic E-state index is 0.103. The molecule has 0 atom stereocenters. The van der Waals surface area contributed by atoms with Gasteiger partial charge in [0.05, 0.1) is 6.42 Å². The van der Waals surface area contributed by atoms with Crippen LogP contribution in [0.3, 0.4) is 0 Å². The number of thiocarbonyl (C=S) groups is 1. The lowest BCUT2D eigenvalue weighted by Crippen LogP contribution is -2.12. The summed E-state index contributed by atoms with van der Waals surface area (Å²) in [6.07, 6.45) is -3.39. The third-order valence-corrected chi connectivity index (χ3v) is 2.94. The van der Waals surface area contributed by atoms with Crippen LogP contribution in [-0.2, 0) is 6.54 Å². The molecule has 0 fully saturated rings. The minimum Gasteiger partial charge on any atom is -0.389 e. The highest BCUT2D eigenvalue weighted by Crippen LogP contribution is 2.24. The predicted octanol–water partition coefficient (Wildman–Crippen LogP) is 3.23. The molecule has 0 aliphatic heterocycles. The van der Waals surface area contributed by atoms with E-state index in [1.165, 1.54) is 0 Å². The second-order valence-corrected chi connectivity index (χ2v) is 4.42. The molecule has 2 rings (SSSR count). The van der Waals surface area contributed by atoms with Crippen molar-refractivity contribution in [1.82, 2.24) is 4.57 Å². The molecule has 18 heavy (non-hydrogen) atoms. The first-order valence-corrected chi connectivity index (χ1v) is 5.74. The summed E-state index contributed by atoms with van der Waals surface area (Å²) in [4.78, 5) is 0.245. The molecule has 0 aliphatic rings. The van der Waals surface area contributed by atoms with Crippen LogP contribution < -0.4 is 5.73 Å². The van der Waals surface area contributed by atoms with Crippen molar-refractivity contribution in [3.8, 4) is 0 Å². The van der Waals surface area contributed by atoms with Crippen LogP contribution in [-0.4, -0.2) is 15.7 Å². The normalized spacial score (nSPS) is 11.9. The maximum atomic E-state index is 12.2. The smallest absolute Gasteiger partial charge is 0.389 e. The molecule has 0 spiro atoms. The Kier molecular flexibility index (Phi) is 3.30. The zero-order valence-electron chi connectivity index (χ0n) is 9.37. The molecule has 0 radical (unpaired) electrons.